The molecule has 0 aliphatic heterocycles. The van der Waals surface area contributed by atoms with Crippen molar-refractivity contribution in [1.29, 1.82) is 0 Å². The van der Waals surface area contributed by atoms with Crippen molar-refractivity contribution in [1.82, 2.24) is 9.97 Å². The van der Waals surface area contributed by atoms with Crippen LogP contribution in [-0.2, 0) is 0 Å². The van der Waals surface area contributed by atoms with Crippen LogP contribution in [0.3, 0.4) is 0 Å². The van der Waals surface area contributed by atoms with Gasteiger partial charge in [-0.15, -0.1) is 0 Å². The minimum atomic E-state index is 0.396. The number of anilines is 1. The average Bonchev–Trinajstić information content (AvgIpc) is 1.96. The summed E-state index contributed by atoms with van der Waals surface area (Å²) >= 11 is 3.14. The highest BCUT2D eigenvalue weighted by molar-refractivity contribution is 9.10. The number of nitrogens with two attached hydrogens (primary N) is 1. The second-order valence-electron chi connectivity index (χ2n) is 2.20. The molecule has 0 radical (unpaired) electrons. The summed E-state index contributed by atoms with van der Waals surface area (Å²) in [7, 11) is 0. The van der Waals surface area contributed by atoms with Gasteiger partial charge in [0.25, 0.3) is 0 Å². The maximum atomic E-state index is 5.61. The van der Waals surface area contributed by atoms with Crippen LogP contribution >= 0.6 is 15.9 Å². The molecule has 64 valence electrons. The first kappa shape index (κ1) is 9.12. The lowest BCUT2D eigenvalue weighted by atomic mass is 10.3. The van der Waals surface area contributed by atoms with Crippen molar-refractivity contribution in [2.45, 2.75) is 13.8 Å². The van der Waals surface area contributed by atoms with E-state index in [9.17, 15) is 0 Å². The molecule has 0 bridgehead atoms. The maximum Gasteiger partial charge on any atom is 0.198 e. The molecule has 5 heteroatoms. The molecule has 0 saturated heterocycles. The molecular weight excluding hydrogens is 220 g/mol. The number of aryl methyl sites for hydroxylation is 1. The van der Waals surface area contributed by atoms with Crippen molar-refractivity contribution < 1.29 is 0 Å². The molecule has 12 heavy (non-hydrogen) atoms. The fraction of sp³-hybridized carbons (Fsp3) is 0.286. The van der Waals surface area contributed by atoms with Crippen LogP contribution in [0.25, 0.3) is 0 Å². The first-order valence-electron chi connectivity index (χ1n) is 3.43. The van der Waals surface area contributed by atoms with E-state index in [1.807, 2.05) is 13.8 Å². The van der Waals surface area contributed by atoms with E-state index in [-0.39, 0.29) is 0 Å². The number of nitrogens with zero attached hydrogens (tertiary/aromatic N) is 3. The summed E-state index contributed by atoms with van der Waals surface area (Å²) in [5, 5.41) is 0. The van der Waals surface area contributed by atoms with Gasteiger partial charge in [0.15, 0.2) is 10.6 Å². The molecule has 0 spiro atoms. The fourth-order valence-corrected chi connectivity index (χ4v) is 1.30. The van der Waals surface area contributed by atoms with Crippen LogP contribution in [0.2, 0.25) is 0 Å². The Morgan fingerprint density at radius 1 is 1.50 bits per heavy atom. The fourth-order valence-electron chi connectivity index (χ4n) is 0.843. The van der Waals surface area contributed by atoms with Gasteiger partial charge in [-0.2, -0.15) is 0 Å². The second-order valence-corrected chi connectivity index (χ2v) is 2.91. The highest BCUT2D eigenvalue weighted by Gasteiger charge is 2.04. The van der Waals surface area contributed by atoms with E-state index < -0.39 is 0 Å². The standard InChI is InChI=1S/C7H9BrN4/c1-3-10-5-4(2)11-7(8)12-6(5)9/h3H,1-2H3,(H2,9,11,12). The van der Waals surface area contributed by atoms with Gasteiger partial charge in [0, 0.05) is 6.21 Å². The average molecular weight is 229 g/mol. The van der Waals surface area contributed by atoms with Crippen molar-refractivity contribution in [3.8, 4) is 0 Å². The molecule has 0 aliphatic carbocycles. The summed E-state index contributed by atoms with van der Waals surface area (Å²) in [6.45, 7) is 3.66. The first-order chi connectivity index (χ1) is 5.65. The number of hydrogen-bond donors (Lipinski definition) is 1. The lowest BCUT2D eigenvalue weighted by molar-refractivity contribution is 1.06. The normalized spacial score (nSPS) is 10.9. The van der Waals surface area contributed by atoms with Crippen molar-refractivity contribution in [2.75, 3.05) is 5.73 Å². The minimum absolute atomic E-state index is 0.396. The molecule has 1 aromatic rings. The van der Waals surface area contributed by atoms with Crippen molar-refractivity contribution in [3.05, 3.63) is 10.4 Å². The SMILES string of the molecule is CC=Nc1c(C)nc(Br)nc1N. The first-order valence-corrected chi connectivity index (χ1v) is 4.22. The second kappa shape index (κ2) is 3.62. The van der Waals surface area contributed by atoms with Gasteiger partial charge in [-0.1, -0.05) is 0 Å². The molecule has 1 heterocycles. The lowest BCUT2D eigenvalue weighted by Crippen LogP contribution is -1.96. The van der Waals surface area contributed by atoms with E-state index >= 15 is 0 Å². The van der Waals surface area contributed by atoms with Gasteiger partial charge >= 0.3 is 0 Å². The Balaban J connectivity index is 3.28. The van der Waals surface area contributed by atoms with Crippen molar-refractivity contribution in [2.24, 2.45) is 4.99 Å². The van der Waals surface area contributed by atoms with E-state index in [1.165, 1.54) is 0 Å². The van der Waals surface area contributed by atoms with Gasteiger partial charge in [-0.3, -0.25) is 4.99 Å². The van der Waals surface area contributed by atoms with Crippen LogP contribution < -0.4 is 5.73 Å². The summed E-state index contributed by atoms with van der Waals surface area (Å²) in [4.78, 5) is 12.0. The van der Waals surface area contributed by atoms with Crippen molar-refractivity contribution >= 4 is 33.6 Å². The molecule has 0 aliphatic rings. The van der Waals surface area contributed by atoms with E-state index in [0.717, 1.165) is 5.69 Å². The number of hydrogen-bond acceptors (Lipinski definition) is 4. The van der Waals surface area contributed by atoms with Crippen LogP contribution in [0.4, 0.5) is 11.5 Å². The molecular formula is C7H9BrN4. The Kier molecular flexibility index (Phi) is 2.75. The van der Waals surface area contributed by atoms with E-state index in [4.69, 9.17) is 5.73 Å². The highest BCUT2D eigenvalue weighted by Crippen LogP contribution is 2.23. The van der Waals surface area contributed by atoms with Crippen LogP contribution in [0, 0.1) is 6.92 Å². The largest absolute Gasteiger partial charge is 0.382 e. The van der Waals surface area contributed by atoms with Crippen LogP contribution in [0.5, 0.6) is 0 Å². The smallest absolute Gasteiger partial charge is 0.198 e. The predicted molar refractivity (Wildman–Crippen MR) is 52.7 cm³/mol. The molecule has 0 unspecified atom stereocenters. The Labute approximate surface area is 79.1 Å². The number of nitrogen functional groups attached to an aromatic ring is 1. The van der Waals surface area contributed by atoms with Crippen LogP contribution in [0.1, 0.15) is 12.6 Å². The van der Waals surface area contributed by atoms with Crippen LogP contribution in [0.15, 0.2) is 9.73 Å². The van der Waals surface area contributed by atoms with E-state index in [1.54, 1.807) is 6.21 Å². The summed E-state index contributed by atoms with van der Waals surface area (Å²) in [5.74, 6) is 0.396. The zero-order chi connectivity index (χ0) is 9.14. The van der Waals surface area contributed by atoms with E-state index in [0.29, 0.717) is 16.2 Å². The number of halogens is 1. The van der Waals surface area contributed by atoms with Gasteiger partial charge in [0.1, 0.15) is 5.69 Å². The number of aliphatic imine (C=N–C) groups is 1. The Morgan fingerprint density at radius 3 is 2.67 bits per heavy atom. The summed E-state index contributed by atoms with van der Waals surface area (Å²) in [5.41, 5.74) is 7.02. The molecule has 2 N–H and O–H groups in total. The lowest BCUT2D eigenvalue weighted by Gasteiger charge is -2.02. The molecule has 0 atom stereocenters. The number of rotatable bonds is 1. The third kappa shape index (κ3) is 1.79. The summed E-state index contributed by atoms with van der Waals surface area (Å²) in [6.07, 6.45) is 1.66. The molecule has 0 aromatic carbocycles. The molecule has 4 nitrogen and oxygen atoms in total. The third-order valence-electron chi connectivity index (χ3n) is 1.32. The summed E-state index contributed by atoms with van der Waals surface area (Å²) in [6, 6.07) is 0. The minimum Gasteiger partial charge on any atom is -0.382 e. The predicted octanol–water partition coefficient (Wildman–Crippen LogP) is 1.85. The topological polar surface area (TPSA) is 64.2 Å². The molecule has 1 aromatic heterocycles. The zero-order valence-corrected chi connectivity index (χ0v) is 8.46. The maximum absolute atomic E-state index is 5.61. The Hall–Kier alpha value is -0.970. The summed E-state index contributed by atoms with van der Waals surface area (Å²) < 4.78 is 0.493. The van der Waals surface area contributed by atoms with Gasteiger partial charge in [-0.25, -0.2) is 9.97 Å². The van der Waals surface area contributed by atoms with E-state index in [2.05, 4.69) is 30.9 Å². The zero-order valence-electron chi connectivity index (χ0n) is 6.87. The van der Waals surface area contributed by atoms with Gasteiger partial charge < -0.3 is 5.73 Å². The molecule has 0 fully saturated rings. The number of aromatic nitrogens is 2. The van der Waals surface area contributed by atoms with Crippen LogP contribution in [-0.4, -0.2) is 16.2 Å². The molecule has 1 rings (SSSR count). The monoisotopic (exact) mass is 228 g/mol. The van der Waals surface area contributed by atoms with Gasteiger partial charge in [0.2, 0.25) is 0 Å². The van der Waals surface area contributed by atoms with Crippen molar-refractivity contribution in [3.63, 3.8) is 0 Å². The molecule has 0 saturated carbocycles. The third-order valence-corrected chi connectivity index (χ3v) is 1.67. The van der Waals surface area contributed by atoms with Gasteiger partial charge in [-0.05, 0) is 29.8 Å². The molecule has 0 amide bonds. The quantitative estimate of drug-likeness (QED) is 0.590. The highest BCUT2D eigenvalue weighted by atomic mass is 79.9. The Bertz CT molecular complexity index is 298. The Morgan fingerprint density at radius 2 is 2.17 bits per heavy atom. The van der Waals surface area contributed by atoms with Gasteiger partial charge in [0.05, 0.1) is 5.69 Å².